The second-order valence-electron chi connectivity index (χ2n) is 4.39. The van der Waals surface area contributed by atoms with Gasteiger partial charge in [-0.05, 0) is 32.1 Å². The number of nitrogens with one attached hydrogen (secondary N) is 1. The molecule has 0 spiro atoms. The van der Waals surface area contributed by atoms with Gasteiger partial charge in [-0.15, -0.1) is 0 Å². The number of hydrogen-bond donors (Lipinski definition) is 2. The molecule has 2 rings (SSSR count). The molecule has 0 aliphatic heterocycles. The van der Waals surface area contributed by atoms with Gasteiger partial charge in [0.2, 0.25) is 5.91 Å². The number of aliphatic hydroxyl groups is 1. The molecule has 0 aromatic rings. The van der Waals surface area contributed by atoms with E-state index in [1.54, 1.807) is 0 Å². The Morgan fingerprint density at radius 1 is 1.38 bits per heavy atom. The van der Waals surface area contributed by atoms with Gasteiger partial charge in [0, 0.05) is 6.04 Å². The predicted molar refractivity (Wildman–Crippen MR) is 49.2 cm³/mol. The van der Waals surface area contributed by atoms with Crippen LogP contribution < -0.4 is 5.32 Å². The fourth-order valence-corrected chi connectivity index (χ4v) is 1.95. The van der Waals surface area contributed by atoms with Crippen molar-refractivity contribution < 1.29 is 9.90 Å². The third-order valence-corrected chi connectivity index (χ3v) is 3.54. The van der Waals surface area contributed by atoms with E-state index in [9.17, 15) is 4.79 Å². The molecule has 2 saturated carbocycles. The van der Waals surface area contributed by atoms with Gasteiger partial charge in [0.15, 0.2) is 0 Å². The van der Waals surface area contributed by atoms with Gasteiger partial charge in [-0.2, -0.15) is 0 Å². The Hall–Kier alpha value is -0.570. The minimum absolute atomic E-state index is 0.0194. The zero-order valence-electron chi connectivity index (χ0n) is 7.88. The highest BCUT2D eigenvalue weighted by Crippen LogP contribution is 2.41. The van der Waals surface area contributed by atoms with E-state index in [1.807, 2.05) is 0 Å². The smallest absolute Gasteiger partial charge is 0.228 e. The minimum Gasteiger partial charge on any atom is -0.395 e. The summed E-state index contributed by atoms with van der Waals surface area (Å²) in [6.45, 7) is 0.0194. The van der Waals surface area contributed by atoms with E-state index in [-0.39, 0.29) is 12.5 Å². The lowest BCUT2D eigenvalue weighted by Gasteiger charge is -2.40. The normalized spacial score (nSPS) is 25.9. The maximum absolute atomic E-state index is 11.7. The lowest BCUT2D eigenvalue weighted by atomic mass is 9.68. The Bertz CT molecular complexity index is 201. The first-order valence-electron chi connectivity index (χ1n) is 5.19. The van der Waals surface area contributed by atoms with Crippen molar-refractivity contribution in [3.8, 4) is 0 Å². The molecule has 13 heavy (non-hydrogen) atoms. The number of carbonyl (C=O) groups is 1. The first-order chi connectivity index (χ1) is 6.27. The lowest BCUT2D eigenvalue weighted by molar-refractivity contribution is -0.140. The number of aliphatic hydroxyl groups excluding tert-OH is 1. The molecule has 0 atom stereocenters. The van der Waals surface area contributed by atoms with Gasteiger partial charge in [0.05, 0.1) is 12.0 Å². The van der Waals surface area contributed by atoms with Gasteiger partial charge in [0.1, 0.15) is 0 Å². The van der Waals surface area contributed by atoms with E-state index in [0.29, 0.717) is 6.04 Å². The summed E-state index contributed by atoms with van der Waals surface area (Å²) in [5.74, 6) is 0.0888. The molecule has 74 valence electrons. The topological polar surface area (TPSA) is 49.3 Å². The molecule has 2 aliphatic rings. The Morgan fingerprint density at radius 2 is 2.08 bits per heavy atom. The maximum Gasteiger partial charge on any atom is 0.228 e. The maximum atomic E-state index is 11.7. The second kappa shape index (κ2) is 3.29. The van der Waals surface area contributed by atoms with Crippen LogP contribution in [0.25, 0.3) is 0 Å². The van der Waals surface area contributed by atoms with Gasteiger partial charge in [-0.25, -0.2) is 0 Å². The zero-order valence-corrected chi connectivity index (χ0v) is 7.88. The summed E-state index contributed by atoms with van der Waals surface area (Å²) in [4.78, 5) is 11.7. The molecule has 0 aromatic carbocycles. The fraction of sp³-hybridized carbons (Fsp3) is 0.900. The van der Waals surface area contributed by atoms with E-state index in [4.69, 9.17) is 5.11 Å². The molecule has 2 aliphatic carbocycles. The monoisotopic (exact) mass is 183 g/mol. The van der Waals surface area contributed by atoms with Crippen LogP contribution in [0.1, 0.15) is 38.5 Å². The SMILES string of the molecule is O=C(NC1CCC1)C1(CO)CCC1. The van der Waals surface area contributed by atoms with Crippen LogP contribution in [0, 0.1) is 5.41 Å². The summed E-state index contributed by atoms with van der Waals surface area (Å²) in [6, 6.07) is 0.400. The predicted octanol–water partition coefficient (Wildman–Crippen LogP) is 0.818. The molecule has 0 heterocycles. The van der Waals surface area contributed by atoms with Gasteiger partial charge >= 0.3 is 0 Å². The largest absolute Gasteiger partial charge is 0.395 e. The second-order valence-corrected chi connectivity index (χ2v) is 4.39. The van der Waals surface area contributed by atoms with Crippen LogP contribution in [0.15, 0.2) is 0 Å². The average molecular weight is 183 g/mol. The number of hydrogen-bond acceptors (Lipinski definition) is 2. The van der Waals surface area contributed by atoms with Crippen LogP contribution in [0.2, 0.25) is 0 Å². The number of amides is 1. The van der Waals surface area contributed by atoms with Crippen molar-refractivity contribution in [1.29, 1.82) is 0 Å². The van der Waals surface area contributed by atoms with E-state index >= 15 is 0 Å². The van der Waals surface area contributed by atoms with Crippen molar-refractivity contribution >= 4 is 5.91 Å². The number of rotatable bonds is 3. The van der Waals surface area contributed by atoms with Crippen LogP contribution in [0.4, 0.5) is 0 Å². The Kier molecular flexibility index (Phi) is 2.28. The van der Waals surface area contributed by atoms with E-state index in [0.717, 1.165) is 32.1 Å². The van der Waals surface area contributed by atoms with Crippen LogP contribution in [-0.4, -0.2) is 23.7 Å². The summed E-state index contributed by atoms with van der Waals surface area (Å²) in [7, 11) is 0. The summed E-state index contributed by atoms with van der Waals surface area (Å²) in [6.07, 6.45) is 6.28. The summed E-state index contributed by atoms with van der Waals surface area (Å²) in [5.41, 5.74) is -0.407. The van der Waals surface area contributed by atoms with Crippen LogP contribution in [0.5, 0.6) is 0 Å². The average Bonchev–Trinajstić information content (AvgIpc) is 1.96. The molecule has 0 aromatic heterocycles. The highest BCUT2D eigenvalue weighted by Gasteiger charge is 2.44. The zero-order chi connectivity index (χ0) is 9.31. The van der Waals surface area contributed by atoms with Crippen molar-refractivity contribution in [3.05, 3.63) is 0 Å². The van der Waals surface area contributed by atoms with Gasteiger partial charge < -0.3 is 10.4 Å². The molecule has 3 nitrogen and oxygen atoms in total. The first-order valence-corrected chi connectivity index (χ1v) is 5.19. The highest BCUT2D eigenvalue weighted by molar-refractivity contribution is 5.84. The van der Waals surface area contributed by atoms with E-state index in [2.05, 4.69) is 5.32 Å². The van der Waals surface area contributed by atoms with Crippen molar-refractivity contribution in [3.63, 3.8) is 0 Å². The third-order valence-electron chi connectivity index (χ3n) is 3.54. The molecule has 0 radical (unpaired) electrons. The third kappa shape index (κ3) is 1.46. The number of carbonyl (C=O) groups excluding carboxylic acids is 1. The molecule has 2 fully saturated rings. The molecule has 2 N–H and O–H groups in total. The summed E-state index contributed by atoms with van der Waals surface area (Å²) in [5, 5.41) is 12.2. The molecule has 0 bridgehead atoms. The van der Waals surface area contributed by atoms with Crippen molar-refractivity contribution in [2.75, 3.05) is 6.61 Å². The quantitative estimate of drug-likeness (QED) is 0.680. The highest BCUT2D eigenvalue weighted by atomic mass is 16.3. The van der Waals surface area contributed by atoms with Crippen LogP contribution in [-0.2, 0) is 4.79 Å². The standard InChI is InChI=1S/C10H17NO2/c12-7-10(5-2-6-10)9(13)11-8-3-1-4-8/h8,12H,1-7H2,(H,11,13). The molecule has 1 amide bonds. The lowest BCUT2D eigenvalue weighted by Crippen LogP contribution is -2.52. The van der Waals surface area contributed by atoms with Crippen molar-refractivity contribution in [2.45, 2.75) is 44.6 Å². The van der Waals surface area contributed by atoms with Crippen LogP contribution in [0.3, 0.4) is 0 Å². The van der Waals surface area contributed by atoms with Gasteiger partial charge in [-0.3, -0.25) is 4.79 Å². The van der Waals surface area contributed by atoms with Crippen molar-refractivity contribution in [1.82, 2.24) is 5.32 Å². The molecule has 0 unspecified atom stereocenters. The fourth-order valence-electron chi connectivity index (χ4n) is 1.95. The Balaban J connectivity index is 1.87. The molecular weight excluding hydrogens is 166 g/mol. The van der Waals surface area contributed by atoms with Gasteiger partial charge in [-0.1, -0.05) is 6.42 Å². The van der Waals surface area contributed by atoms with E-state index < -0.39 is 5.41 Å². The molecule has 0 saturated heterocycles. The van der Waals surface area contributed by atoms with Gasteiger partial charge in [0.25, 0.3) is 0 Å². The van der Waals surface area contributed by atoms with E-state index in [1.165, 1.54) is 6.42 Å². The summed E-state index contributed by atoms with van der Waals surface area (Å²) >= 11 is 0. The summed E-state index contributed by atoms with van der Waals surface area (Å²) < 4.78 is 0. The van der Waals surface area contributed by atoms with Crippen LogP contribution >= 0.6 is 0 Å². The Labute approximate surface area is 78.5 Å². The first kappa shape index (κ1) is 9.00. The molecular formula is C10H17NO2. The Morgan fingerprint density at radius 3 is 2.38 bits per heavy atom. The molecule has 3 heteroatoms. The van der Waals surface area contributed by atoms with Crippen molar-refractivity contribution in [2.24, 2.45) is 5.41 Å². The minimum atomic E-state index is -0.407.